The molecule has 2 amide bonds. The van der Waals surface area contributed by atoms with Crippen LogP contribution in [0.25, 0.3) is 0 Å². The molecule has 1 spiro atoms. The molecule has 1 saturated heterocycles. The van der Waals surface area contributed by atoms with Crippen LogP contribution in [0.5, 0.6) is 5.75 Å². The molecule has 2 aliphatic rings. The number of hydrogen-bond donors (Lipinski definition) is 4. The van der Waals surface area contributed by atoms with Crippen LogP contribution in [0, 0.1) is 11.7 Å². The zero-order valence-corrected chi connectivity index (χ0v) is 24.6. The third-order valence-electron chi connectivity index (χ3n) is 8.26. The van der Waals surface area contributed by atoms with Crippen LogP contribution in [0.3, 0.4) is 0 Å². The molecule has 0 radical (unpaired) electrons. The summed E-state index contributed by atoms with van der Waals surface area (Å²) in [5, 5.41) is 17.5. The van der Waals surface area contributed by atoms with Gasteiger partial charge in [-0.2, -0.15) is 13.2 Å². The number of fused-ring (bicyclic) bond motifs is 2. The molecule has 14 heteroatoms. The Morgan fingerprint density at radius 1 is 1.14 bits per heavy atom. The van der Waals surface area contributed by atoms with Crippen LogP contribution in [0.1, 0.15) is 40.7 Å². The van der Waals surface area contributed by atoms with E-state index in [-0.39, 0.29) is 43.9 Å². The fourth-order valence-electron chi connectivity index (χ4n) is 6.20. The standard InChI is InChI=1S/C30H25Cl2F4N3O5/c1-13(30(34,35)36)10-22-29(17-8-7-15(31)12-20(17)38-28(29)43)23(16-4-3-5-18(32)24(16)33)25(39-22)26(40)37-19-9-6-14(27(41)42)11-21(19)44-2/h3-9,11-13,22-23,25,39H,10H2,1-2H3,(H,37,40)(H,38,43)(H,41,42)/t13-,22?,23+,25-,29-/m1/s1. The van der Waals surface area contributed by atoms with Gasteiger partial charge in [0.15, 0.2) is 0 Å². The van der Waals surface area contributed by atoms with Gasteiger partial charge in [0.25, 0.3) is 0 Å². The van der Waals surface area contributed by atoms with Gasteiger partial charge in [-0.25, -0.2) is 9.18 Å². The van der Waals surface area contributed by atoms with Crippen molar-refractivity contribution in [3.8, 4) is 5.75 Å². The van der Waals surface area contributed by atoms with Crippen molar-refractivity contribution in [1.29, 1.82) is 0 Å². The Kier molecular flexibility index (Phi) is 8.29. The molecule has 232 valence electrons. The smallest absolute Gasteiger partial charge is 0.391 e. The highest BCUT2D eigenvalue weighted by molar-refractivity contribution is 6.31. The van der Waals surface area contributed by atoms with Gasteiger partial charge in [0.2, 0.25) is 11.8 Å². The fraction of sp³-hybridized carbons (Fsp3) is 0.300. The predicted octanol–water partition coefficient (Wildman–Crippen LogP) is 6.38. The maximum Gasteiger partial charge on any atom is 0.391 e. The number of ether oxygens (including phenoxy) is 1. The minimum absolute atomic E-state index is 0.0164. The lowest BCUT2D eigenvalue weighted by Gasteiger charge is -2.36. The van der Waals surface area contributed by atoms with Crippen LogP contribution < -0.4 is 20.7 Å². The van der Waals surface area contributed by atoms with Gasteiger partial charge in [-0.05, 0) is 53.9 Å². The van der Waals surface area contributed by atoms with E-state index >= 15 is 4.39 Å². The highest BCUT2D eigenvalue weighted by Crippen LogP contribution is 2.57. The van der Waals surface area contributed by atoms with E-state index in [1.807, 2.05) is 0 Å². The third kappa shape index (κ3) is 5.24. The molecule has 0 aliphatic carbocycles. The molecule has 5 rings (SSSR count). The summed E-state index contributed by atoms with van der Waals surface area (Å²) in [5.41, 5.74) is -1.72. The lowest BCUT2D eigenvalue weighted by Crippen LogP contribution is -2.49. The molecular weight excluding hydrogens is 629 g/mol. The molecule has 44 heavy (non-hydrogen) atoms. The number of alkyl halides is 3. The molecule has 3 aromatic rings. The number of carbonyl (C=O) groups excluding carboxylic acids is 2. The lowest BCUT2D eigenvalue weighted by atomic mass is 9.63. The highest BCUT2D eigenvalue weighted by Gasteiger charge is 2.66. The third-order valence-corrected chi connectivity index (χ3v) is 8.79. The zero-order valence-electron chi connectivity index (χ0n) is 23.1. The number of nitrogens with one attached hydrogen (secondary N) is 3. The Labute approximate surface area is 258 Å². The second-order valence-corrected chi connectivity index (χ2v) is 11.6. The van der Waals surface area contributed by atoms with Crippen LogP contribution in [0.2, 0.25) is 10.0 Å². The van der Waals surface area contributed by atoms with Crippen molar-refractivity contribution in [2.24, 2.45) is 5.92 Å². The van der Waals surface area contributed by atoms with Gasteiger partial charge in [-0.3, -0.25) is 9.59 Å². The maximum atomic E-state index is 15.8. The Morgan fingerprint density at radius 3 is 2.52 bits per heavy atom. The monoisotopic (exact) mass is 653 g/mol. The van der Waals surface area contributed by atoms with Crippen molar-refractivity contribution >= 4 is 52.4 Å². The van der Waals surface area contributed by atoms with Crippen LogP contribution in [-0.2, 0) is 15.0 Å². The minimum atomic E-state index is -4.64. The molecule has 2 heterocycles. The van der Waals surface area contributed by atoms with E-state index in [1.165, 1.54) is 61.7 Å². The van der Waals surface area contributed by atoms with Crippen molar-refractivity contribution in [1.82, 2.24) is 5.32 Å². The summed E-state index contributed by atoms with van der Waals surface area (Å²) in [6, 6.07) is 9.25. The number of methoxy groups -OCH3 is 1. The highest BCUT2D eigenvalue weighted by atomic mass is 35.5. The van der Waals surface area contributed by atoms with E-state index in [9.17, 15) is 32.7 Å². The van der Waals surface area contributed by atoms with Gasteiger partial charge >= 0.3 is 12.1 Å². The van der Waals surface area contributed by atoms with Gasteiger partial charge in [-0.15, -0.1) is 0 Å². The predicted molar refractivity (Wildman–Crippen MR) is 155 cm³/mol. The number of aromatic carboxylic acids is 1. The van der Waals surface area contributed by atoms with Crippen molar-refractivity contribution in [3.63, 3.8) is 0 Å². The minimum Gasteiger partial charge on any atom is -0.495 e. The molecule has 8 nitrogen and oxygen atoms in total. The zero-order chi connectivity index (χ0) is 32.1. The van der Waals surface area contributed by atoms with Crippen molar-refractivity contribution < 1.29 is 41.8 Å². The van der Waals surface area contributed by atoms with Crippen LogP contribution >= 0.6 is 23.2 Å². The molecule has 0 aromatic heterocycles. The number of hydrogen-bond acceptors (Lipinski definition) is 5. The summed E-state index contributed by atoms with van der Waals surface area (Å²) in [4.78, 5) is 39.6. The molecule has 3 aromatic carbocycles. The van der Waals surface area contributed by atoms with Gasteiger partial charge in [0.1, 0.15) is 17.0 Å². The van der Waals surface area contributed by atoms with Gasteiger partial charge in [-0.1, -0.05) is 48.3 Å². The van der Waals surface area contributed by atoms with E-state index in [0.29, 0.717) is 0 Å². The Hall–Kier alpha value is -3.87. The molecule has 1 fully saturated rings. The number of anilines is 2. The number of carbonyl (C=O) groups is 3. The van der Waals surface area contributed by atoms with E-state index in [2.05, 4.69) is 16.0 Å². The maximum absolute atomic E-state index is 15.8. The SMILES string of the molecule is COc1cc(C(=O)O)ccc1NC(=O)[C@@H]1NC(C[C@@H](C)C(F)(F)F)[C@@]2(C(=O)Nc3cc(Cl)ccc32)[C@H]1c1cccc(Cl)c1F. The fourth-order valence-corrected chi connectivity index (χ4v) is 6.55. The molecule has 0 saturated carbocycles. The van der Waals surface area contributed by atoms with Crippen LogP contribution in [-0.4, -0.2) is 48.3 Å². The number of benzene rings is 3. The molecule has 4 N–H and O–H groups in total. The van der Waals surface area contributed by atoms with Crippen LogP contribution in [0.4, 0.5) is 28.9 Å². The first-order valence-corrected chi connectivity index (χ1v) is 14.1. The van der Waals surface area contributed by atoms with E-state index in [1.54, 1.807) is 0 Å². The summed E-state index contributed by atoms with van der Waals surface area (Å²) in [6.45, 7) is 0.961. The molecule has 2 aliphatic heterocycles. The summed E-state index contributed by atoms with van der Waals surface area (Å²) in [7, 11) is 1.25. The first-order chi connectivity index (χ1) is 20.7. The summed E-state index contributed by atoms with van der Waals surface area (Å²) >= 11 is 12.3. The molecule has 1 unspecified atom stereocenters. The number of carboxylic acids is 1. The average molecular weight is 654 g/mol. The van der Waals surface area contributed by atoms with Crippen molar-refractivity contribution in [2.75, 3.05) is 17.7 Å². The largest absolute Gasteiger partial charge is 0.495 e. The quantitative estimate of drug-likeness (QED) is 0.220. The summed E-state index contributed by atoms with van der Waals surface area (Å²) < 4.78 is 62.8. The van der Waals surface area contributed by atoms with Crippen molar-refractivity contribution in [3.05, 3.63) is 87.2 Å². The summed E-state index contributed by atoms with van der Waals surface area (Å²) in [5.74, 6) is -7.12. The van der Waals surface area contributed by atoms with E-state index < -0.39 is 65.5 Å². The lowest BCUT2D eigenvalue weighted by molar-refractivity contribution is -0.173. The molecule has 5 atom stereocenters. The Bertz CT molecular complexity index is 1670. The Balaban J connectivity index is 1.70. The number of rotatable bonds is 7. The summed E-state index contributed by atoms with van der Waals surface area (Å²) in [6.07, 6.45) is -5.28. The van der Waals surface area contributed by atoms with Crippen molar-refractivity contribution in [2.45, 2.75) is 42.9 Å². The van der Waals surface area contributed by atoms with E-state index in [4.69, 9.17) is 27.9 Å². The Morgan fingerprint density at radius 2 is 1.86 bits per heavy atom. The number of carboxylic acid groups (broad SMARTS) is 1. The van der Waals surface area contributed by atoms with E-state index in [0.717, 1.165) is 6.92 Å². The molecule has 0 bridgehead atoms. The topological polar surface area (TPSA) is 117 Å². The van der Waals surface area contributed by atoms with Gasteiger partial charge in [0.05, 0.1) is 35.3 Å². The second-order valence-electron chi connectivity index (χ2n) is 10.7. The molecular formula is C30H25Cl2F4N3O5. The first-order valence-electron chi connectivity index (χ1n) is 13.3. The van der Waals surface area contributed by atoms with Gasteiger partial charge in [0, 0.05) is 22.7 Å². The number of amides is 2. The number of halogens is 6. The van der Waals surface area contributed by atoms with Gasteiger partial charge < -0.3 is 25.8 Å². The first kappa shape index (κ1) is 31.6. The normalized spacial score (nSPS) is 23.3. The van der Waals surface area contributed by atoms with Crippen LogP contribution in [0.15, 0.2) is 54.6 Å². The average Bonchev–Trinajstić information content (AvgIpc) is 3.44. The second kappa shape index (κ2) is 11.6.